The van der Waals surface area contributed by atoms with Crippen molar-refractivity contribution in [3.63, 3.8) is 0 Å². The lowest BCUT2D eigenvalue weighted by molar-refractivity contribution is 0.317. The molecule has 1 heteroatoms. The van der Waals surface area contributed by atoms with Gasteiger partial charge in [-0.1, -0.05) is 33.8 Å². The first-order chi connectivity index (χ1) is 6.59. The van der Waals surface area contributed by atoms with Gasteiger partial charge in [0, 0.05) is 4.88 Å². The van der Waals surface area contributed by atoms with E-state index in [4.69, 9.17) is 0 Å². The van der Waals surface area contributed by atoms with E-state index in [1.165, 1.54) is 12.8 Å². The van der Waals surface area contributed by atoms with Crippen LogP contribution >= 0.6 is 11.3 Å². The Morgan fingerprint density at radius 3 is 2.36 bits per heavy atom. The van der Waals surface area contributed by atoms with Gasteiger partial charge in [-0.3, -0.25) is 0 Å². The molecule has 0 radical (unpaired) electrons. The molecule has 1 aromatic rings. The third-order valence-corrected chi connectivity index (χ3v) is 3.66. The molecular formula is C13H22S. The van der Waals surface area contributed by atoms with E-state index in [2.05, 4.69) is 45.2 Å². The average Bonchev–Trinajstić information content (AvgIpc) is 2.54. The summed E-state index contributed by atoms with van der Waals surface area (Å²) in [4.78, 5) is 1.55. The summed E-state index contributed by atoms with van der Waals surface area (Å²) in [5.41, 5.74) is 0. The molecule has 0 nitrogen and oxygen atoms in total. The second kappa shape index (κ2) is 5.55. The fourth-order valence-electron chi connectivity index (χ4n) is 1.88. The first kappa shape index (κ1) is 11.8. The van der Waals surface area contributed by atoms with Crippen molar-refractivity contribution in [2.75, 3.05) is 0 Å². The van der Waals surface area contributed by atoms with Crippen LogP contribution in [0.5, 0.6) is 0 Å². The van der Waals surface area contributed by atoms with Crippen LogP contribution in [0.1, 0.15) is 39.0 Å². The van der Waals surface area contributed by atoms with E-state index in [0.717, 1.165) is 17.8 Å². The Hall–Kier alpha value is -0.300. The lowest BCUT2D eigenvalue weighted by atomic mass is 9.85. The number of thiophene rings is 1. The van der Waals surface area contributed by atoms with Gasteiger partial charge in [-0.25, -0.2) is 0 Å². The average molecular weight is 210 g/mol. The summed E-state index contributed by atoms with van der Waals surface area (Å²) >= 11 is 1.90. The largest absolute Gasteiger partial charge is 0.149 e. The maximum Gasteiger partial charge on any atom is 0.00480 e. The summed E-state index contributed by atoms with van der Waals surface area (Å²) in [5, 5.41) is 2.18. The number of hydrogen-bond donors (Lipinski definition) is 0. The zero-order valence-corrected chi connectivity index (χ0v) is 10.6. The molecule has 1 rings (SSSR count). The molecule has 0 aliphatic rings. The van der Waals surface area contributed by atoms with Gasteiger partial charge >= 0.3 is 0 Å². The Bertz CT molecular complexity index is 234. The predicted molar refractivity (Wildman–Crippen MR) is 65.8 cm³/mol. The topological polar surface area (TPSA) is 0 Å². The Morgan fingerprint density at radius 1 is 1.21 bits per heavy atom. The van der Waals surface area contributed by atoms with Crippen molar-refractivity contribution in [3.05, 3.63) is 22.4 Å². The SMILES string of the molecule is CC(C)CC(Cc1cccs1)C(C)C. The minimum atomic E-state index is 0.805. The van der Waals surface area contributed by atoms with Crippen molar-refractivity contribution in [1.29, 1.82) is 0 Å². The fourth-order valence-corrected chi connectivity index (χ4v) is 2.68. The first-order valence-corrected chi connectivity index (χ1v) is 6.50. The highest BCUT2D eigenvalue weighted by Crippen LogP contribution is 2.26. The highest BCUT2D eigenvalue weighted by atomic mass is 32.1. The Labute approximate surface area is 92.4 Å². The highest BCUT2D eigenvalue weighted by Gasteiger charge is 2.15. The van der Waals surface area contributed by atoms with Crippen LogP contribution in [-0.4, -0.2) is 0 Å². The molecule has 0 N–H and O–H groups in total. The van der Waals surface area contributed by atoms with E-state index >= 15 is 0 Å². The van der Waals surface area contributed by atoms with Crippen LogP contribution in [0.25, 0.3) is 0 Å². The predicted octanol–water partition coefficient (Wildman–Crippen LogP) is 4.61. The molecule has 1 aromatic heterocycles. The smallest absolute Gasteiger partial charge is 0.00480 e. The quantitative estimate of drug-likeness (QED) is 0.666. The molecule has 14 heavy (non-hydrogen) atoms. The van der Waals surface area contributed by atoms with Crippen LogP contribution < -0.4 is 0 Å². The van der Waals surface area contributed by atoms with E-state index in [1.54, 1.807) is 4.88 Å². The lowest BCUT2D eigenvalue weighted by Crippen LogP contribution is -2.14. The molecule has 0 saturated carbocycles. The summed E-state index contributed by atoms with van der Waals surface area (Å²) in [6.07, 6.45) is 2.63. The van der Waals surface area contributed by atoms with E-state index < -0.39 is 0 Å². The van der Waals surface area contributed by atoms with Gasteiger partial charge in [0.25, 0.3) is 0 Å². The molecule has 1 atom stereocenters. The molecule has 0 spiro atoms. The molecule has 0 aliphatic heterocycles. The molecule has 0 fully saturated rings. The van der Waals surface area contributed by atoms with Crippen molar-refractivity contribution >= 4 is 11.3 Å². The van der Waals surface area contributed by atoms with Crippen molar-refractivity contribution < 1.29 is 0 Å². The molecule has 1 unspecified atom stereocenters. The van der Waals surface area contributed by atoms with Crippen molar-refractivity contribution in [2.24, 2.45) is 17.8 Å². The van der Waals surface area contributed by atoms with Crippen LogP contribution in [0.4, 0.5) is 0 Å². The third kappa shape index (κ3) is 3.83. The second-order valence-corrected chi connectivity index (χ2v) is 5.95. The zero-order chi connectivity index (χ0) is 10.6. The van der Waals surface area contributed by atoms with Crippen LogP contribution in [0.3, 0.4) is 0 Å². The first-order valence-electron chi connectivity index (χ1n) is 5.62. The van der Waals surface area contributed by atoms with Gasteiger partial charge in [0.2, 0.25) is 0 Å². The van der Waals surface area contributed by atoms with Crippen molar-refractivity contribution in [1.82, 2.24) is 0 Å². The minimum Gasteiger partial charge on any atom is -0.149 e. The van der Waals surface area contributed by atoms with E-state index in [1.807, 2.05) is 11.3 Å². The highest BCUT2D eigenvalue weighted by molar-refractivity contribution is 7.09. The molecule has 80 valence electrons. The van der Waals surface area contributed by atoms with Gasteiger partial charge < -0.3 is 0 Å². The van der Waals surface area contributed by atoms with Gasteiger partial charge in [-0.15, -0.1) is 11.3 Å². The zero-order valence-electron chi connectivity index (χ0n) is 9.79. The van der Waals surface area contributed by atoms with Crippen LogP contribution in [0.15, 0.2) is 17.5 Å². The number of hydrogen-bond acceptors (Lipinski definition) is 1. The molecule has 0 aromatic carbocycles. The summed E-state index contributed by atoms with van der Waals surface area (Å²) in [6.45, 7) is 9.34. The van der Waals surface area contributed by atoms with Gasteiger partial charge in [-0.2, -0.15) is 0 Å². The maximum atomic E-state index is 2.35. The van der Waals surface area contributed by atoms with E-state index in [9.17, 15) is 0 Å². The van der Waals surface area contributed by atoms with Gasteiger partial charge in [-0.05, 0) is 42.0 Å². The molecule has 0 amide bonds. The summed E-state index contributed by atoms with van der Waals surface area (Å²) in [7, 11) is 0. The standard InChI is InChI=1S/C13H22S/c1-10(2)8-12(11(3)4)9-13-6-5-7-14-13/h5-7,10-12H,8-9H2,1-4H3. The minimum absolute atomic E-state index is 0.805. The maximum absolute atomic E-state index is 2.35. The van der Waals surface area contributed by atoms with Crippen molar-refractivity contribution in [3.8, 4) is 0 Å². The summed E-state index contributed by atoms with van der Waals surface area (Å²) in [6, 6.07) is 4.42. The normalized spacial score (nSPS) is 13.9. The van der Waals surface area contributed by atoms with Crippen molar-refractivity contribution in [2.45, 2.75) is 40.5 Å². The van der Waals surface area contributed by atoms with Gasteiger partial charge in [0.05, 0.1) is 0 Å². The van der Waals surface area contributed by atoms with Gasteiger partial charge in [0.15, 0.2) is 0 Å². The van der Waals surface area contributed by atoms with E-state index in [0.29, 0.717) is 0 Å². The molecule has 0 saturated heterocycles. The number of rotatable bonds is 5. The van der Waals surface area contributed by atoms with Gasteiger partial charge in [0.1, 0.15) is 0 Å². The summed E-state index contributed by atoms with van der Waals surface area (Å²) < 4.78 is 0. The Morgan fingerprint density at radius 2 is 1.93 bits per heavy atom. The second-order valence-electron chi connectivity index (χ2n) is 4.92. The van der Waals surface area contributed by atoms with Crippen LogP contribution in [0, 0.1) is 17.8 Å². The van der Waals surface area contributed by atoms with E-state index in [-0.39, 0.29) is 0 Å². The summed E-state index contributed by atoms with van der Waals surface area (Å²) in [5.74, 6) is 2.48. The lowest BCUT2D eigenvalue weighted by Gasteiger charge is -2.22. The fraction of sp³-hybridized carbons (Fsp3) is 0.692. The molecule has 0 bridgehead atoms. The molecule has 1 heterocycles. The Kier molecular flexibility index (Phi) is 4.67. The Balaban J connectivity index is 2.51. The molecular weight excluding hydrogens is 188 g/mol. The van der Waals surface area contributed by atoms with Crippen LogP contribution in [0.2, 0.25) is 0 Å². The van der Waals surface area contributed by atoms with Crippen LogP contribution in [-0.2, 0) is 6.42 Å². The molecule has 0 aliphatic carbocycles. The third-order valence-electron chi connectivity index (χ3n) is 2.76. The monoisotopic (exact) mass is 210 g/mol.